The minimum Gasteiger partial charge on any atom is -0.434 e. The van der Waals surface area contributed by atoms with Crippen molar-refractivity contribution in [2.24, 2.45) is 0 Å². The largest absolute Gasteiger partial charge is 0.434 e. The van der Waals surface area contributed by atoms with Crippen LogP contribution in [0.25, 0.3) is 22.7 Å². The molecule has 0 amide bonds. The standard InChI is InChI=1S/C19H13ClN2O2/c20-14-8-6-13(7-9-14)19-22-18-17(24-19)15(10-11-21-18)16(23)12-4-2-1-3-5-12/h1-11,16,23H. The van der Waals surface area contributed by atoms with Crippen LogP contribution in [0, 0.1) is 0 Å². The molecule has 0 bridgehead atoms. The van der Waals surface area contributed by atoms with Crippen molar-refractivity contribution in [2.45, 2.75) is 6.10 Å². The molecular formula is C19H13ClN2O2. The molecule has 0 radical (unpaired) electrons. The second-order valence-electron chi connectivity index (χ2n) is 5.39. The van der Waals surface area contributed by atoms with E-state index in [0.717, 1.165) is 11.1 Å². The fourth-order valence-electron chi connectivity index (χ4n) is 2.60. The number of aliphatic hydroxyl groups excluding tert-OH is 1. The van der Waals surface area contributed by atoms with Crippen LogP contribution < -0.4 is 0 Å². The first-order valence-electron chi connectivity index (χ1n) is 7.47. The highest BCUT2D eigenvalue weighted by Gasteiger charge is 2.19. The lowest BCUT2D eigenvalue weighted by molar-refractivity contribution is 0.220. The van der Waals surface area contributed by atoms with Crippen LogP contribution in [0.1, 0.15) is 17.2 Å². The van der Waals surface area contributed by atoms with Crippen molar-refractivity contribution in [1.29, 1.82) is 0 Å². The van der Waals surface area contributed by atoms with E-state index in [1.807, 2.05) is 42.5 Å². The van der Waals surface area contributed by atoms with Gasteiger partial charge in [0, 0.05) is 22.3 Å². The molecular weight excluding hydrogens is 324 g/mol. The van der Waals surface area contributed by atoms with Crippen LogP contribution in [-0.4, -0.2) is 15.1 Å². The Bertz CT molecular complexity index is 981. The minimum atomic E-state index is -0.803. The smallest absolute Gasteiger partial charge is 0.228 e. The van der Waals surface area contributed by atoms with E-state index in [2.05, 4.69) is 9.97 Å². The van der Waals surface area contributed by atoms with E-state index in [4.69, 9.17) is 16.0 Å². The highest BCUT2D eigenvalue weighted by molar-refractivity contribution is 6.30. The molecule has 2 heterocycles. The first-order chi connectivity index (χ1) is 11.7. The van der Waals surface area contributed by atoms with E-state index < -0.39 is 6.10 Å². The van der Waals surface area contributed by atoms with Crippen LogP contribution >= 0.6 is 11.6 Å². The fraction of sp³-hybridized carbons (Fsp3) is 0.0526. The zero-order valence-electron chi connectivity index (χ0n) is 12.6. The van der Waals surface area contributed by atoms with Gasteiger partial charge < -0.3 is 9.52 Å². The van der Waals surface area contributed by atoms with Gasteiger partial charge in [0.1, 0.15) is 6.10 Å². The van der Waals surface area contributed by atoms with Crippen molar-refractivity contribution in [3.63, 3.8) is 0 Å². The topological polar surface area (TPSA) is 59.2 Å². The number of hydrogen-bond donors (Lipinski definition) is 1. The molecule has 2 aromatic heterocycles. The van der Waals surface area contributed by atoms with E-state index in [1.54, 1.807) is 24.4 Å². The van der Waals surface area contributed by atoms with Crippen LogP contribution in [0.5, 0.6) is 0 Å². The number of rotatable bonds is 3. The summed E-state index contributed by atoms with van der Waals surface area (Å²) in [5, 5.41) is 11.3. The number of hydrogen-bond acceptors (Lipinski definition) is 4. The van der Waals surface area contributed by atoms with Gasteiger partial charge in [0.2, 0.25) is 5.89 Å². The summed E-state index contributed by atoms with van der Waals surface area (Å²) in [6.45, 7) is 0. The molecule has 0 aliphatic rings. The van der Waals surface area contributed by atoms with Gasteiger partial charge in [-0.3, -0.25) is 0 Å². The highest BCUT2D eigenvalue weighted by atomic mass is 35.5. The van der Waals surface area contributed by atoms with E-state index in [-0.39, 0.29) is 0 Å². The molecule has 1 unspecified atom stereocenters. The highest BCUT2D eigenvalue weighted by Crippen LogP contribution is 2.31. The van der Waals surface area contributed by atoms with E-state index in [1.165, 1.54) is 0 Å². The van der Waals surface area contributed by atoms with Gasteiger partial charge in [0.25, 0.3) is 0 Å². The number of aromatic nitrogens is 2. The summed E-state index contributed by atoms with van der Waals surface area (Å²) in [6, 6.07) is 18.4. The summed E-state index contributed by atoms with van der Waals surface area (Å²) in [5.41, 5.74) is 3.18. The van der Waals surface area contributed by atoms with Crippen molar-refractivity contribution in [1.82, 2.24) is 9.97 Å². The summed E-state index contributed by atoms with van der Waals surface area (Å²) >= 11 is 5.92. The Labute approximate surface area is 143 Å². The maximum atomic E-state index is 10.7. The lowest BCUT2D eigenvalue weighted by Gasteiger charge is -2.10. The number of halogens is 1. The molecule has 118 valence electrons. The number of pyridine rings is 1. The molecule has 24 heavy (non-hydrogen) atoms. The zero-order chi connectivity index (χ0) is 16.5. The van der Waals surface area contributed by atoms with Gasteiger partial charge in [0.05, 0.1) is 0 Å². The molecule has 0 fully saturated rings. The number of benzene rings is 2. The molecule has 4 rings (SSSR count). The maximum absolute atomic E-state index is 10.7. The molecule has 0 aliphatic carbocycles. The SMILES string of the molecule is OC(c1ccccc1)c1ccnc2nc(-c3ccc(Cl)cc3)oc12. The third-order valence-electron chi connectivity index (χ3n) is 3.82. The Balaban J connectivity index is 1.82. The number of fused-ring (bicyclic) bond motifs is 1. The van der Waals surface area contributed by atoms with E-state index in [0.29, 0.717) is 27.7 Å². The average Bonchev–Trinajstić information content (AvgIpc) is 3.06. The predicted molar refractivity (Wildman–Crippen MR) is 92.8 cm³/mol. The molecule has 0 spiro atoms. The normalized spacial score (nSPS) is 12.4. The lowest BCUT2D eigenvalue weighted by atomic mass is 10.0. The van der Waals surface area contributed by atoms with Gasteiger partial charge in [-0.05, 0) is 35.9 Å². The Morgan fingerprint density at radius 1 is 0.958 bits per heavy atom. The molecule has 1 atom stereocenters. The lowest BCUT2D eigenvalue weighted by Crippen LogP contribution is -2.00. The molecule has 0 aliphatic heterocycles. The van der Waals surface area contributed by atoms with Gasteiger partial charge >= 0.3 is 0 Å². The second-order valence-corrected chi connectivity index (χ2v) is 5.83. The first kappa shape index (κ1) is 14.9. The minimum absolute atomic E-state index is 0.446. The van der Waals surface area contributed by atoms with Gasteiger partial charge in [-0.25, -0.2) is 4.98 Å². The zero-order valence-corrected chi connectivity index (χ0v) is 13.3. The molecule has 0 saturated heterocycles. The van der Waals surface area contributed by atoms with Crippen LogP contribution in [0.2, 0.25) is 5.02 Å². The van der Waals surface area contributed by atoms with Crippen LogP contribution in [-0.2, 0) is 0 Å². The van der Waals surface area contributed by atoms with Crippen molar-refractivity contribution < 1.29 is 9.52 Å². The summed E-state index contributed by atoms with van der Waals surface area (Å²) in [5.74, 6) is 0.446. The summed E-state index contributed by atoms with van der Waals surface area (Å²) in [6.07, 6.45) is 0.820. The van der Waals surface area contributed by atoms with E-state index in [9.17, 15) is 5.11 Å². The van der Waals surface area contributed by atoms with Gasteiger partial charge in [-0.15, -0.1) is 0 Å². The monoisotopic (exact) mass is 336 g/mol. The molecule has 2 aromatic carbocycles. The molecule has 1 N–H and O–H groups in total. The van der Waals surface area contributed by atoms with Crippen molar-refractivity contribution in [3.8, 4) is 11.5 Å². The van der Waals surface area contributed by atoms with E-state index >= 15 is 0 Å². The molecule has 4 aromatic rings. The Morgan fingerprint density at radius 2 is 1.71 bits per heavy atom. The number of oxazole rings is 1. The van der Waals surface area contributed by atoms with Crippen LogP contribution in [0.15, 0.2) is 71.3 Å². The van der Waals surface area contributed by atoms with Crippen LogP contribution in [0.4, 0.5) is 0 Å². The Morgan fingerprint density at radius 3 is 2.46 bits per heavy atom. The number of aliphatic hydroxyl groups is 1. The fourth-order valence-corrected chi connectivity index (χ4v) is 2.72. The van der Waals surface area contributed by atoms with Gasteiger partial charge in [-0.1, -0.05) is 41.9 Å². The summed E-state index contributed by atoms with van der Waals surface area (Å²) in [7, 11) is 0. The second kappa shape index (κ2) is 6.07. The summed E-state index contributed by atoms with van der Waals surface area (Å²) in [4.78, 5) is 8.66. The predicted octanol–water partition coefficient (Wildman–Crippen LogP) is 4.62. The Kier molecular flexibility index (Phi) is 3.76. The molecule has 0 saturated carbocycles. The maximum Gasteiger partial charge on any atom is 0.228 e. The third-order valence-corrected chi connectivity index (χ3v) is 4.08. The number of nitrogens with zero attached hydrogens (tertiary/aromatic N) is 2. The third kappa shape index (κ3) is 2.66. The molecule has 5 heteroatoms. The van der Waals surface area contributed by atoms with Crippen LogP contribution in [0.3, 0.4) is 0 Å². The van der Waals surface area contributed by atoms with Gasteiger partial charge in [0.15, 0.2) is 11.2 Å². The van der Waals surface area contributed by atoms with Crippen molar-refractivity contribution in [2.75, 3.05) is 0 Å². The van der Waals surface area contributed by atoms with Crippen molar-refractivity contribution >= 4 is 22.8 Å². The first-order valence-corrected chi connectivity index (χ1v) is 7.84. The van der Waals surface area contributed by atoms with Gasteiger partial charge in [-0.2, -0.15) is 4.98 Å². The Hall–Kier alpha value is -2.69. The average molecular weight is 337 g/mol. The quantitative estimate of drug-likeness (QED) is 0.592. The van der Waals surface area contributed by atoms with Crippen molar-refractivity contribution in [3.05, 3.63) is 83.0 Å². The summed E-state index contributed by atoms with van der Waals surface area (Å²) < 4.78 is 5.89. The molecule has 4 nitrogen and oxygen atoms in total.